The minimum absolute atomic E-state index is 0.309. The molecule has 4 nitrogen and oxygen atoms in total. The molecule has 0 spiro atoms. The van der Waals surface area contributed by atoms with Crippen molar-refractivity contribution in [3.63, 3.8) is 0 Å². The smallest absolute Gasteiger partial charge is 0.222 e. The fourth-order valence-electron chi connectivity index (χ4n) is 3.60. The first kappa shape index (κ1) is 17.7. The van der Waals surface area contributed by atoms with Crippen LogP contribution in [-0.4, -0.2) is 33.9 Å². The zero-order valence-electron chi connectivity index (χ0n) is 15.2. The number of H-pyrrole nitrogens is 1. The fourth-order valence-corrected chi connectivity index (χ4v) is 3.60. The molecule has 1 aliphatic rings. The third-order valence-corrected chi connectivity index (χ3v) is 5.37. The van der Waals surface area contributed by atoms with Crippen molar-refractivity contribution < 1.29 is 4.79 Å². The van der Waals surface area contributed by atoms with Crippen LogP contribution in [0.5, 0.6) is 0 Å². The van der Waals surface area contributed by atoms with Crippen LogP contribution < -0.4 is 0 Å². The first-order valence-electron chi connectivity index (χ1n) is 9.58. The van der Waals surface area contributed by atoms with Gasteiger partial charge in [-0.3, -0.25) is 4.79 Å². The van der Waals surface area contributed by atoms with Gasteiger partial charge >= 0.3 is 0 Å². The number of carbonyl (C=O) groups is 1. The Kier molecular flexibility index (Phi) is 6.26. The number of aromatic nitrogens is 2. The molecule has 1 aromatic heterocycles. The number of aromatic amines is 1. The molecular weight excluding hydrogens is 310 g/mol. The van der Waals surface area contributed by atoms with E-state index in [1.807, 2.05) is 12.4 Å². The van der Waals surface area contributed by atoms with Crippen molar-refractivity contribution in [3.8, 4) is 0 Å². The van der Waals surface area contributed by atoms with Crippen LogP contribution in [0.4, 0.5) is 0 Å². The number of rotatable bonds is 7. The average molecular weight is 339 g/mol. The Morgan fingerprint density at radius 2 is 1.88 bits per heavy atom. The van der Waals surface area contributed by atoms with Crippen molar-refractivity contribution in [3.05, 3.63) is 53.6 Å². The van der Waals surface area contributed by atoms with Crippen LogP contribution in [0.2, 0.25) is 0 Å². The molecule has 134 valence electrons. The second kappa shape index (κ2) is 8.84. The number of likely N-dealkylation sites (tertiary alicyclic amines) is 1. The van der Waals surface area contributed by atoms with Gasteiger partial charge in [0.2, 0.25) is 5.91 Å². The van der Waals surface area contributed by atoms with Gasteiger partial charge in [0, 0.05) is 38.3 Å². The Labute approximate surface area is 150 Å². The highest BCUT2D eigenvalue weighted by Crippen LogP contribution is 2.22. The van der Waals surface area contributed by atoms with Crippen LogP contribution in [0.1, 0.15) is 49.6 Å². The maximum absolute atomic E-state index is 12.5. The summed E-state index contributed by atoms with van der Waals surface area (Å²) in [7, 11) is 0. The summed E-state index contributed by atoms with van der Waals surface area (Å²) < 4.78 is 0. The zero-order valence-corrected chi connectivity index (χ0v) is 15.2. The number of piperidine rings is 1. The summed E-state index contributed by atoms with van der Waals surface area (Å²) in [6, 6.07) is 8.66. The predicted octanol–water partition coefficient (Wildman–Crippen LogP) is 3.78. The molecule has 2 heterocycles. The second-order valence-electron chi connectivity index (χ2n) is 7.07. The average Bonchev–Trinajstić information content (AvgIpc) is 3.19. The minimum atomic E-state index is 0.309. The molecule has 1 saturated heterocycles. The van der Waals surface area contributed by atoms with Gasteiger partial charge in [0.1, 0.15) is 5.82 Å². The lowest BCUT2D eigenvalue weighted by Crippen LogP contribution is -2.38. The standard InChI is InChI=1S/C21H29N3O/c1-2-17-3-5-18(6-4-17)8-10-21(25)24-15-11-19(12-16-24)7-9-20-22-13-14-23-20/h3-6,13-14,19H,2,7-12,15-16H2,1H3,(H,22,23). The molecule has 0 aliphatic carbocycles. The lowest BCUT2D eigenvalue weighted by atomic mass is 9.92. The Morgan fingerprint density at radius 1 is 1.16 bits per heavy atom. The van der Waals surface area contributed by atoms with Gasteiger partial charge in [0.25, 0.3) is 0 Å². The van der Waals surface area contributed by atoms with E-state index in [0.29, 0.717) is 12.3 Å². The molecular formula is C21H29N3O. The number of aryl methyl sites for hydroxylation is 3. The summed E-state index contributed by atoms with van der Waals surface area (Å²) in [5.74, 6) is 2.10. The predicted molar refractivity (Wildman–Crippen MR) is 100 cm³/mol. The van der Waals surface area contributed by atoms with Gasteiger partial charge in [-0.2, -0.15) is 0 Å². The lowest BCUT2D eigenvalue weighted by molar-refractivity contribution is -0.132. The van der Waals surface area contributed by atoms with Crippen molar-refractivity contribution in [2.45, 2.75) is 51.9 Å². The maximum Gasteiger partial charge on any atom is 0.222 e. The van der Waals surface area contributed by atoms with Gasteiger partial charge in [-0.25, -0.2) is 4.98 Å². The van der Waals surface area contributed by atoms with Crippen LogP contribution in [0.15, 0.2) is 36.7 Å². The molecule has 0 radical (unpaired) electrons. The second-order valence-corrected chi connectivity index (χ2v) is 7.07. The van der Waals surface area contributed by atoms with E-state index in [2.05, 4.69) is 46.1 Å². The quantitative estimate of drug-likeness (QED) is 0.834. The number of nitrogens with zero attached hydrogens (tertiary/aromatic N) is 2. The number of amides is 1. The molecule has 0 bridgehead atoms. The SMILES string of the molecule is CCc1ccc(CCC(=O)N2CCC(CCc3ncc[nH]3)CC2)cc1. The molecule has 0 unspecified atom stereocenters. The van der Waals surface area contributed by atoms with E-state index in [1.54, 1.807) is 0 Å². The normalized spacial score (nSPS) is 15.5. The number of hydrogen-bond donors (Lipinski definition) is 1. The van der Waals surface area contributed by atoms with Crippen LogP contribution in [0, 0.1) is 5.92 Å². The number of benzene rings is 1. The number of carbonyl (C=O) groups excluding carboxylic acids is 1. The Bertz CT molecular complexity index is 640. The van der Waals surface area contributed by atoms with E-state index >= 15 is 0 Å². The van der Waals surface area contributed by atoms with Gasteiger partial charge in [-0.1, -0.05) is 31.2 Å². The molecule has 0 saturated carbocycles. The molecule has 4 heteroatoms. The van der Waals surface area contributed by atoms with Gasteiger partial charge < -0.3 is 9.88 Å². The molecule has 2 aromatic rings. The monoisotopic (exact) mass is 339 g/mol. The highest BCUT2D eigenvalue weighted by molar-refractivity contribution is 5.76. The van der Waals surface area contributed by atoms with Crippen molar-refractivity contribution in [2.75, 3.05) is 13.1 Å². The van der Waals surface area contributed by atoms with Gasteiger partial charge in [0.05, 0.1) is 0 Å². The van der Waals surface area contributed by atoms with E-state index in [9.17, 15) is 4.79 Å². The van der Waals surface area contributed by atoms with Gasteiger partial charge in [0.15, 0.2) is 0 Å². The van der Waals surface area contributed by atoms with Crippen molar-refractivity contribution >= 4 is 5.91 Å². The third kappa shape index (κ3) is 5.18. The van der Waals surface area contributed by atoms with Gasteiger partial charge in [-0.15, -0.1) is 0 Å². The number of hydrogen-bond acceptors (Lipinski definition) is 2. The molecule has 1 aliphatic heterocycles. The van der Waals surface area contributed by atoms with Crippen LogP contribution in [0.25, 0.3) is 0 Å². The van der Waals surface area contributed by atoms with Gasteiger partial charge in [-0.05, 0) is 49.1 Å². The summed E-state index contributed by atoms with van der Waals surface area (Å²) >= 11 is 0. The highest BCUT2D eigenvalue weighted by Gasteiger charge is 2.22. The lowest BCUT2D eigenvalue weighted by Gasteiger charge is -2.32. The van der Waals surface area contributed by atoms with Crippen molar-refractivity contribution in [2.24, 2.45) is 5.92 Å². The topological polar surface area (TPSA) is 49.0 Å². The summed E-state index contributed by atoms with van der Waals surface area (Å²) in [4.78, 5) is 22.0. The summed E-state index contributed by atoms with van der Waals surface area (Å²) in [6.45, 7) is 3.99. The maximum atomic E-state index is 12.5. The van der Waals surface area contributed by atoms with E-state index in [-0.39, 0.29) is 0 Å². The van der Waals surface area contributed by atoms with Crippen LogP contribution in [-0.2, 0) is 24.1 Å². The molecule has 1 amide bonds. The fraction of sp³-hybridized carbons (Fsp3) is 0.524. The number of imidazole rings is 1. The Hall–Kier alpha value is -2.10. The van der Waals surface area contributed by atoms with Crippen LogP contribution in [0.3, 0.4) is 0 Å². The number of nitrogens with one attached hydrogen (secondary N) is 1. The summed E-state index contributed by atoms with van der Waals surface area (Å²) in [5, 5.41) is 0. The molecule has 3 rings (SSSR count). The van der Waals surface area contributed by atoms with Crippen LogP contribution >= 0.6 is 0 Å². The largest absolute Gasteiger partial charge is 0.349 e. The summed E-state index contributed by atoms with van der Waals surface area (Å²) in [5.41, 5.74) is 2.62. The van der Waals surface area contributed by atoms with E-state index in [4.69, 9.17) is 0 Å². The summed E-state index contributed by atoms with van der Waals surface area (Å²) in [6.07, 6.45) is 10.7. The van der Waals surface area contributed by atoms with Crippen molar-refractivity contribution in [1.29, 1.82) is 0 Å². The molecule has 1 N–H and O–H groups in total. The molecule has 0 atom stereocenters. The van der Waals surface area contributed by atoms with E-state index in [1.165, 1.54) is 17.5 Å². The minimum Gasteiger partial charge on any atom is -0.349 e. The zero-order chi connectivity index (χ0) is 17.5. The first-order chi connectivity index (χ1) is 12.2. The molecule has 25 heavy (non-hydrogen) atoms. The Balaban J connectivity index is 1.37. The van der Waals surface area contributed by atoms with E-state index in [0.717, 1.165) is 56.9 Å². The van der Waals surface area contributed by atoms with Crippen molar-refractivity contribution in [1.82, 2.24) is 14.9 Å². The highest BCUT2D eigenvalue weighted by atomic mass is 16.2. The molecule has 1 aromatic carbocycles. The van der Waals surface area contributed by atoms with E-state index < -0.39 is 0 Å². The first-order valence-corrected chi connectivity index (χ1v) is 9.58. The Morgan fingerprint density at radius 3 is 2.52 bits per heavy atom. The third-order valence-electron chi connectivity index (χ3n) is 5.37. The molecule has 1 fully saturated rings.